The van der Waals surface area contributed by atoms with Gasteiger partial charge in [0.15, 0.2) is 0 Å². The normalized spacial score (nSPS) is 29.0. The number of rotatable bonds is 4. The number of hydrogen-bond donors (Lipinski definition) is 1. The number of ether oxygens (including phenoxy) is 3. The average Bonchev–Trinajstić information content (AvgIpc) is 3.44. The van der Waals surface area contributed by atoms with Crippen molar-refractivity contribution in [3.8, 4) is 5.75 Å². The van der Waals surface area contributed by atoms with Gasteiger partial charge in [0.25, 0.3) is 11.8 Å². The summed E-state index contributed by atoms with van der Waals surface area (Å²) in [5, 5.41) is 0.725. The third-order valence-corrected chi connectivity index (χ3v) is 13.6. The molecule has 0 radical (unpaired) electrons. The van der Waals surface area contributed by atoms with Crippen LogP contribution < -0.4 is 14.4 Å². The zero-order valence-corrected chi connectivity index (χ0v) is 32.2. The van der Waals surface area contributed by atoms with E-state index < -0.39 is 27.7 Å². The molecule has 13 heteroatoms. The first-order chi connectivity index (χ1) is 25.4. The summed E-state index contributed by atoms with van der Waals surface area (Å²) >= 11 is 6.46. The summed E-state index contributed by atoms with van der Waals surface area (Å²) in [6.45, 7) is 3.84. The lowest BCUT2D eigenvalue weighted by Gasteiger charge is -2.46. The van der Waals surface area contributed by atoms with Crippen molar-refractivity contribution in [2.45, 2.75) is 57.0 Å². The van der Waals surface area contributed by atoms with Crippen LogP contribution in [-0.4, -0.2) is 72.3 Å². The van der Waals surface area contributed by atoms with Gasteiger partial charge >= 0.3 is 5.97 Å². The van der Waals surface area contributed by atoms with E-state index in [2.05, 4.69) is 32.2 Å². The van der Waals surface area contributed by atoms with Gasteiger partial charge < -0.3 is 23.7 Å². The number of aryl methyl sites for hydroxylation is 2. The first-order valence-electron chi connectivity index (χ1n) is 18.3. The molecule has 2 aliphatic carbocycles. The van der Waals surface area contributed by atoms with Gasteiger partial charge in [-0.05, 0) is 104 Å². The van der Waals surface area contributed by atoms with Gasteiger partial charge in [0.2, 0.25) is 0 Å². The maximum absolute atomic E-state index is 14.6. The molecule has 2 aromatic carbocycles. The Kier molecular flexibility index (Phi) is 10.5. The van der Waals surface area contributed by atoms with Crippen molar-refractivity contribution < 1.29 is 32.8 Å². The van der Waals surface area contributed by atoms with Gasteiger partial charge in [-0.25, -0.2) is 9.00 Å². The number of hydrogen-bond acceptors (Lipinski definition) is 8. The van der Waals surface area contributed by atoms with E-state index in [1.165, 1.54) is 35.1 Å². The maximum Gasteiger partial charge on any atom is 0.354 e. The highest BCUT2D eigenvalue weighted by Gasteiger charge is 2.44. The molecule has 0 saturated heterocycles. The van der Waals surface area contributed by atoms with Crippen molar-refractivity contribution in [2.75, 3.05) is 44.6 Å². The number of fused-ring (bicyclic) bond motifs is 4. The molecule has 3 heterocycles. The molecule has 1 fully saturated rings. The summed E-state index contributed by atoms with van der Waals surface area (Å²) < 4.78 is 40.4. The first kappa shape index (κ1) is 37.2. The molecule has 2 bridgehead atoms. The second kappa shape index (κ2) is 14.9. The van der Waals surface area contributed by atoms with Crippen LogP contribution in [0.3, 0.4) is 0 Å². The molecule has 53 heavy (non-hydrogen) atoms. The van der Waals surface area contributed by atoms with Crippen LogP contribution in [0.2, 0.25) is 5.02 Å². The SMILES string of the molecule is COC(=O)c1cc(C(=O)N[S@@]2(=O)=NC(=O)c3ccc4c(c3)N(C[C@@H]3CC[C@H]3[C@@H](OC)/C=C/C[C@H](C)C2)C[C@@]2(CCCc3cc(Cl)ccc32)CO4)cn1C. The number of carbonyl (C=O) groups is 3. The molecular formula is C40H47ClN4O7S. The van der Waals surface area contributed by atoms with Crippen LogP contribution in [0, 0.1) is 17.8 Å². The van der Waals surface area contributed by atoms with Crippen LogP contribution in [-0.2, 0) is 38.3 Å². The number of aromatic nitrogens is 1. The summed E-state index contributed by atoms with van der Waals surface area (Å²) in [5.41, 5.74) is 3.49. The third kappa shape index (κ3) is 7.50. The van der Waals surface area contributed by atoms with E-state index in [1.807, 2.05) is 19.1 Å². The van der Waals surface area contributed by atoms with Crippen molar-refractivity contribution in [1.29, 1.82) is 0 Å². The third-order valence-electron chi connectivity index (χ3n) is 11.4. The van der Waals surface area contributed by atoms with Gasteiger partial charge in [-0.2, -0.15) is 0 Å². The number of allylic oxidation sites excluding steroid dienone is 1. The van der Waals surface area contributed by atoms with Gasteiger partial charge in [0.05, 0.1) is 36.8 Å². The molecule has 1 aromatic heterocycles. The second-order valence-corrected chi connectivity index (χ2v) is 17.5. The Balaban J connectivity index is 1.29. The number of nitrogens with zero attached hydrogens (tertiary/aromatic N) is 3. The zero-order valence-electron chi connectivity index (χ0n) is 30.6. The van der Waals surface area contributed by atoms with Crippen molar-refractivity contribution in [1.82, 2.24) is 9.29 Å². The molecule has 1 saturated carbocycles. The Morgan fingerprint density at radius 2 is 1.96 bits per heavy atom. The van der Waals surface area contributed by atoms with E-state index >= 15 is 0 Å². The fourth-order valence-electron chi connectivity index (χ4n) is 8.57. The van der Waals surface area contributed by atoms with Crippen molar-refractivity contribution in [3.05, 3.63) is 93.8 Å². The highest BCUT2D eigenvalue weighted by molar-refractivity contribution is 7.92. The Morgan fingerprint density at radius 3 is 2.72 bits per heavy atom. The lowest BCUT2D eigenvalue weighted by molar-refractivity contribution is 0.0131. The van der Waals surface area contributed by atoms with E-state index in [9.17, 15) is 18.6 Å². The van der Waals surface area contributed by atoms with Crippen LogP contribution in [0.4, 0.5) is 5.69 Å². The Hall–Kier alpha value is -4.13. The molecule has 4 aliphatic rings. The van der Waals surface area contributed by atoms with Gasteiger partial charge in [0.1, 0.15) is 21.4 Å². The van der Waals surface area contributed by atoms with Gasteiger partial charge in [0, 0.05) is 49.4 Å². The molecule has 0 unspecified atom stereocenters. The van der Waals surface area contributed by atoms with E-state index in [0.29, 0.717) is 37.2 Å². The van der Waals surface area contributed by atoms with E-state index in [0.717, 1.165) is 49.4 Å². The average molecular weight is 763 g/mol. The molecule has 2 aliphatic heterocycles. The Morgan fingerprint density at radius 1 is 1.13 bits per heavy atom. The number of anilines is 1. The summed E-state index contributed by atoms with van der Waals surface area (Å²) in [5.74, 6) is -0.965. The zero-order chi connectivity index (χ0) is 37.5. The van der Waals surface area contributed by atoms with Crippen LogP contribution in [0.25, 0.3) is 0 Å². The molecular weight excluding hydrogens is 716 g/mol. The molecule has 2 amide bonds. The minimum absolute atomic E-state index is 0.0681. The Labute approximate surface area is 316 Å². The van der Waals surface area contributed by atoms with Gasteiger partial charge in [-0.3, -0.25) is 14.3 Å². The van der Waals surface area contributed by atoms with Gasteiger partial charge in [-0.15, -0.1) is 4.36 Å². The number of halogens is 1. The lowest BCUT2D eigenvalue weighted by Crippen LogP contribution is -2.49. The molecule has 3 aromatic rings. The van der Waals surface area contributed by atoms with Crippen molar-refractivity contribution in [2.24, 2.45) is 29.2 Å². The predicted octanol–water partition coefficient (Wildman–Crippen LogP) is 6.53. The summed E-state index contributed by atoms with van der Waals surface area (Å²) in [6, 6.07) is 12.8. The Bertz CT molecular complexity index is 2090. The van der Waals surface area contributed by atoms with E-state index in [1.54, 1.807) is 32.4 Å². The number of nitrogens with one attached hydrogen (secondary N) is 1. The highest BCUT2D eigenvalue weighted by Crippen LogP contribution is 2.47. The van der Waals surface area contributed by atoms with Crippen molar-refractivity contribution >= 4 is 45.0 Å². The number of methoxy groups -OCH3 is 2. The van der Waals surface area contributed by atoms with Crippen LogP contribution in [0.15, 0.2) is 65.2 Å². The smallest absolute Gasteiger partial charge is 0.354 e. The quantitative estimate of drug-likeness (QED) is 0.235. The molecule has 11 nitrogen and oxygen atoms in total. The number of benzene rings is 2. The molecule has 7 rings (SSSR count). The highest BCUT2D eigenvalue weighted by atomic mass is 35.5. The summed E-state index contributed by atoms with van der Waals surface area (Å²) in [7, 11) is 0.960. The fourth-order valence-corrected chi connectivity index (χ4v) is 10.7. The lowest BCUT2D eigenvalue weighted by atomic mass is 9.68. The topological polar surface area (TPSA) is 129 Å². The summed E-state index contributed by atoms with van der Waals surface area (Å²) in [6.07, 6.45) is 11.1. The van der Waals surface area contributed by atoms with E-state index in [4.69, 9.17) is 25.8 Å². The monoisotopic (exact) mass is 762 g/mol. The van der Waals surface area contributed by atoms with Crippen molar-refractivity contribution in [3.63, 3.8) is 0 Å². The minimum Gasteiger partial charge on any atom is -0.490 e. The number of carbonyl (C=O) groups excluding carboxylic acids is 3. The predicted molar refractivity (Wildman–Crippen MR) is 204 cm³/mol. The van der Waals surface area contributed by atoms with Crippen LogP contribution in [0.5, 0.6) is 5.75 Å². The van der Waals surface area contributed by atoms with E-state index in [-0.39, 0.29) is 40.0 Å². The number of esters is 1. The number of amides is 2. The molecule has 282 valence electrons. The summed E-state index contributed by atoms with van der Waals surface area (Å²) in [4.78, 5) is 42.2. The first-order valence-corrected chi connectivity index (χ1v) is 20.3. The molecule has 1 N–H and O–H groups in total. The maximum atomic E-state index is 14.6. The standard InChI is InChI=1S/C40H47ClN4O7S/c1-25-7-5-9-35(50-3)31-13-10-28(31)21-45-23-40(16-6-8-26-17-30(41)12-14-32(26)40)24-52-36-15-11-27(18-33(36)45)37(46)42-53(49,22-25)43-38(47)29-19-34(39(48)51-4)44(2)20-29/h5,9,11-12,14-15,17-20,25,28,31,35H,6-8,10,13,16,21-24H2,1-4H3,(H,42,43,46,47,49)/b9-5+/t25-,28-,31+,35-,40-,53-/m0/s1. The fraction of sp³-hybridized carbons (Fsp3) is 0.475. The van der Waals surface area contributed by atoms with Crippen LogP contribution in [0.1, 0.15) is 81.4 Å². The van der Waals surface area contributed by atoms with Crippen LogP contribution >= 0.6 is 11.6 Å². The largest absolute Gasteiger partial charge is 0.490 e. The molecule has 6 atom stereocenters. The minimum atomic E-state index is -3.64. The molecule has 1 spiro atoms. The second-order valence-electron chi connectivity index (χ2n) is 15.1. The van der Waals surface area contributed by atoms with Gasteiger partial charge in [-0.1, -0.05) is 36.7 Å².